The SMILES string of the molecule is O=C(O)CCCN1C(=O)[C@H]2[C@H](CC=C3[C@H]2C[C@H]2C(=O)N(Nc4ccc(F)cc4)C(=O)[C@@]2(c2ccc(Cl)cc2)[C@H]3c2cc(Cl)ccc2O)C1=O. The number of phenolic OH excluding ortho intramolecular Hbond substituents is 1. The molecule has 3 aromatic rings. The van der Waals surface area contributed by atoms with Crippen LogP contribution in [0.2, 0.25) is 10.0 Å². The lowest BCUT2D eigenvalue weighted by atomic mass is 9.49. The average molecular weight is 707 g/mol. The second-order valence-electron chi connectivity index (χ2n) is 12.9. The predicted octanol–water partition coefficient (Wildman–Crippen LogP) is 5.69. The smallest absolute Gasteiger partial charge is 0.303 e. The Hall–Kier alpha value is -4.74. The van der Waals surface area contributed by atoms with Crippen molar-refractivity contribution in [1.29, 1.82) is 0 Å². The summed E-state index contributed by atoms with van der Waals surface area (Å²) in [5, 5.41) is 22.1. The number of amides is 4. The van der Waals surface area contributed by atoms with Gasteiger partial charge in [0.25, 0.3) is 11.8 Å². The van der Waals surface area contributed by atoms with Crippen molar-refractivity contribution in [3.8, 4) is 5.75 Å². The highest BCUT2D eigenvalue weighted by molar-refractivity contribution is 6.31. The van der Waals surface area contributed by atoms with E-state index in [-0.39, 0.29) is 54.3 Å². The summed E-state index contributed by atoms with van der Waals surface area (Å²) in [6, 6.07) is 16.1. The summed E-state index contributed by atoms with van der Waals surface area (Å²) in [6.45, 7) is -0.0531. The quantitative estimate of drug-likeness (QED) is 0.200. The summed E-state index contributed by atoms with van der Waals surface area (Å²) >= 11 is 12.8. The molecular weight excluding hydrogens is 676 g/mol. The third-order valence-corrected chi connectivity index (χ3v) is 10.9. The highest BCUT2D eigenvalue weighted by atomic mass is 35.5. The Labute approximate surface area is 290 Å². The molecule has 49 heavy (non-hydrogen) atoms. The Bertz CT molecular complexity index is 1940. The maximum absolute atomic E-state index is 15.1. The van der Waals surface area contributed by atoms with E-state index in [9.17, 15) is 28.7 Å². The van der Waals surface area contributed by atoms with E-state index in [0.717, 1.165) is 9.91 Å². The third-order valence-electron chi connectivity index (χ3n) is 10.4. The maximum atomic E-state index is 15.1. The van der Waals surface area contributed by atoms with Gasteiger partial charge >= 0.3 is 5.97 Å². The molecule has 3 fully saturated rings. The molecule has 10 nitrogen and oxygen atoms in total. The maximum Gasteiger partial charge on any atom is 0.303 e. The first-order chi connectivity index (χ1) is 23.4. The summed E-state index contributed by atoms with van der Waals surface area (Å²) in [6.07, 6.45) is 1.89. The number of imide groups is 2. The van der Waals surface area contributed by atoms with Crippen molar-refractivity contribution in [1.82, 2.24) is 9.91 Å². The Morgan fingerprint density at radius 2 is 1.61 bits per heavy atom. The van der Waals surface area contributed by atoms with Crippen LogP contribution in [0.25, 0.3) is 0 Å². The van der Waals surface area contributed by atoms with E-state index in [1.54, 1.807) is 30.3 Å². The van der Waals surface area contributed by atoms with Gasteiger partial charge in [0.1, 0.15) is 11.6 Å². The number of allylic oxidation sites excluding steroid dienone is 2. The van der Waals surface area contributed by atoms with Crippen molar-refractivity contribution in [3.63, 3.8) is 0 Å². The number of phenols is 1. The minimum Gasteiger partial charge on any atom is -0.508 e. The van der Waals surface area contributed by atoms with Gasteiger partial charge in [-0.1, -0.05) is 47.0 Å². The number of fused-ring (bicyclic) bond motifs is 4. The molecule has 0 aromatic heterocycles. The Kier molecular flexibility index (Phi) is 8.23. The third kappa shape index (κ3) is 5.18. The number of carboxylic acids is 1. The van der Waals surface area contributed by atoms with Crippen molar-refractivity contribution in [2.24, 2.45) is 23.7 Å². The van der Waals surface area contributed by atoms with Crippen molar-refractivity contribution in [3.05, 3.63) is 105 Å². The molecule has 2 heterocycles. The van der Waals surface area contributed by atoms with E-state index < -0.39 is 70.4 Å². The van der Waals surface area contributed by atoms with Crippen molar-refractivity contribution < 1.29 is 38.6 Å². The van der Waals surface area contributed by atoms with Gasteiger partial charge in [0, 0.05) is 34.5 Å². The Morgan fingerprint density at radius 1 is 0.918 bits per heavy atom. The van der Waals surface area contributed by atoms with Gasteiger partial charge in [-0.3, -0.25) is 34.3 Å². The number of likely N-dealkylation sites (tertiary alicyclic amines) is 1. The van der Waals surface area contributed by atoms with E-state index in [2.05, 4.69) is 5.43 Å². The summed E-state index contributed by atoms with van der Waals surface area (Å²) < 4.78 is 13.8. The van der Waals surface area contributed by atoms with E-state index in [1.165, 1.54) is 36.4 Å². The number of aromatic hydroxyl groups is 1. The van der Waals surface area contributed by atoms with E-state index in [1.807, 2.05) is 6.08 Å². The van der Waals surface area contributed by atoms with Gasteiger partial charge in [-0.25, -0.2) is 4.39 Å². The summed E-state index contributed by atoms with van der Waals surface area (Å²) in [5.41, 5.74) is 2.80. The molecule has 2 saturated heterocycles. The van der Waals surface area contributed by atoms with Crippen LogP contribution in [0.4, 0.5) is 10.1 Å². The minimum atomic E-state index is -1.67. The number of nitrogens with one attached hydrogen (secondary N) is 1. The van der Waals surface area contributed by atoms with Gasteiger partial charge in [-0.05, 0) is 85.3 Å². The number of hydrogen-bond donors (Lipinski definition) is 3. The van der Waals surface area contributed by atoms with E-state index >= 15 is 4.79 Å². The zero-order valence-corrected chi connectivity index (χ0v) is 27.3. The fourth-order valence-electron chi connectivity index (χ4n) is 8.43. The predicted molar refractivity (Wildman–Crippen MR) is 176 cm³/mol. The lowest BCUT2D eigenvalue weighted by Gasteiger charge is -2.50. The number of hydrazine groups is 1. The monoisotopic (exact) mass is 705 g/mol. The van der Waals surface area contributed by atoms with E-state index in [4.69, 9.17) is 28.3 Å². The van der Waals surface area contributed by atoms with Crippen molar-refractivity contribution in [2.75, 3.05) is 12.0 Å². The van der Waals surface area contributed by atoms with Crippen LogP contribution in [-0.2, 0) is 29.4 Å². The number of carbonyl (C=O) groups is 5. The van der Waals surface area contributed by atoms with Crippen molar-refractivity contribution >= 4 is 58.5 Å². The number of halogens is 3. The van der Waals surface area contributed by atoms with Crippen LogP contribution in [0, 0.1) is 29.5 Å². The molecule has 3 N–H and O–H groups in total. The molecule has 2 aliphatic heterocycles. The lowest BCUT2D eigenvalue weighted by molar-refractivity contribution is -0.142. The number of nitrogens with zero attached hydrogens (tertiary/aromatic N) is 2. The Balaban J connectivity index is 1.41. The number of aliphatic carboxylic acids is 1. The van der Waals surface area contributed by atoms with Gasteiger partial charge in [0.2, 0.25) is 11.8 Å². The van der Waals surface area contributed by atoms with Crippen LogP contribution in [0.3, 0.4) is 0 Å². The standard InChI is InChI=1S/C36H30Cl2FN3O7/c37-19-5-3-18(4-6-19)36-27(33(47)42(35(36)49)40-22-10-8-21(39)9-11-22)17-25-23(31(36)26-16-20(38)7-14-28(26)43)12-13-24-30(25)34(48)41(32(24)46)15-1-2-29(44)45/h3-12,14,16,24-25,27,30-31,40,43H,1-2,13,15,17H2,(H,44,45)/t24-,25+,27-,30-,31+,36+/m0/s1. The summed E-state index contributed by atoms with van der Waals surface area (Å²) in [5.74, 6) is -8.23. The molecule has 7 rings (SSSR count). The highest BCUT2D eigenvalue weighted by Gasteiger charge is 2.70. The molecule has 6 atom stereocenters. The van der Waals surface area contributed by atoms with Crippen LogP contribution in [0.5, 0.6) is 5.75 Å². The molecule has 1 saturated carbocycles. The van der Waals surface area contributed by atoms with Crippen LogP contribution >= 0.6 is 23.2 Å². The van der Waals surface area contributed by atoms with E-state index in [0.29, 0.717) is 16.2 Å². The van der Waals surface area contributed by atoms with Gasteiger partial charge in [0.05, 0.1) is 28.9 Å². The first kappa shape index (κ1) is 32.8. The minimum absolute atomic E-state index is 0.0155. The average Bonchev–Trinajstić information content (AvgIpc) is 3.44. The second kappa shape index (κ2) is 12.3. The van der Waals surface area contributed by atoms with Gasteiger partial charge in [0.15, 0.2) is 0 Å². The fraction of sp³-hybridized carbons (Fsp3) is 0.306. The molecule has 0 radical (unpaired) electrons. The van der Waals surface area contributed by atoms with Crippen LogP contribution in [0.1, 0.15) is 42.7 Å². The van der Waals surface area contributed by atoms with Gasteiger partial charge in [-0.15, -0.1) is 0 Å². The number of hydrogen-bond acceptors (Lipinski definition) is 7. The van der Waals surface area contributed by atoms with Gasteiger partial charge < -0.3 is 10.2 Å². The second-order valence-corrected chi connectivity index (χ2v) is 13.8. The van der Waals surface area contributed by atoms with Crippen LogP contribution < -0.4 is 5.43 Å². The molecule has 0 bridgehead atoms. The first-order valence-corrected chi connectivity index (χ1v) is 16.6. The molecule has 13 heteroatoms. The molecular formula is C36H30Cl2FN3O7. The van der Waals surface area contributed by atoms with Crippen molar-refractivity contribution in [2.45, 2.75) is 37.0 Å². The molecule has 252 valence electrons. The number of rotatable bonds is 8. The first-order valence-electron chi connectivity index (χ1n) is 15.9. The number of carboxylic acid groups (broad SMARTS) is 1. The number of carbonyl (C=O) groups excluding carboxylic acids is 4. The molecule has 0 spiro atoms. The van der Waals surface area contributed by atoms with Crippen LogP contribution in [-0.4, -0.2) is 56.3 Å². The molecule has 4 aliphatic rings. The Morgan fingerprint density at radius 3 is 2.31 bits per heavy atom. The zero-order valence-electron chi connectivity index (χ0n) is 25.8. The number of anilines is 1. The molecule has 0 unspecified atom stereocenters. The normalized spacial score (nSPS) is 27.5. The van der Waals surface area contributed by atoms with Crippen LogP contribution in [0.15, 0.2) is 78.4 Å². The molecule has 4 amide bonds. The fourth-order valence-corrected chi connectivity index (χ4v) is 8.74. The summed E-state index contributed by atoms with van der Waals surface area (Å²) in [4.78, 5) is 69.6. The zero-order chi connectivity index (χ0) is 34.8. The molecule has 2 aliphatic carbocycles. The largest absolute Gasteiger partial charge is 0.508 e. The molecule has 3 aromatic carbocycles. The topological polar surface area (TPSA) is 144 Å². The van der Waals surface area contributed by atoms with Gasteiger partial charge in [-0.2, -0.15) is 5.01 Å². The lowest BCUT2D eigenvalue weighted by Crippen LogP contribution is -2.53. The summed E-state index contributed by atoms with van der Waals surface area (Å²) in [7, 11) is 0. The number of benzene rings is 3. The highest BCUT2D eigenvalue weighted by Crippen LogP contribution is 2.65.